The molecule has 3 rings (SSSR count). The van der Waals surface area contributed by atoms with Crippen molar-refractivity contribution in [2.45, 2.75) is 30.9 Å². The van der Waals surface area contributed by atoms with Crippen molar-refractivity contribution in [1.29, 1.82) is 0 Å². The van der Waals surface area contributed by atoms with Gasteiger partial charge < -0.3 is 9.84 Å². The SMILES string of the molecule is COc1cccc(CC2CCN(S(=O)(=O)C3CC(C(=O)O)C3)C2)c1. The summed E-state index contributed by atoms with van der Waals surface area (Å²) in [6, 6.07) is 7.85. The molecule has 1 unspecified atom stereocenters. The summed E-state index contributed by atoms with van der Waals surface area (Å²) in [7, 11) is -1.73. The molecule has 0 aromatic heterocycles. The minimum absolute atomic E-state index is 0.245. The van der Waals surface area contributed by atoms with Crippen LogP contribution in [0.15, 0.2) is 24.3 Å². The van der Waals surface area contributed by atoms with E-state index in [1.807, 2.05) is 24.3 Å². The van der Waals surface area contributed by atoms with E-state index < -0.39 is 27.2 Å². The minimum Gasteiger partial charge on any atom is -0.497 e. The average molecular weight is 353 g/mol. The molecule has 1 atom stereocenters. The number of nitrogens with zero attached hydrogens (tertiary/aromatic N) is 1. The predicted octanol–water partition coefficient (Wildman–Crippen LogP) is 1.75. The summed E-state index contributed by atoms with van der Waals surface area (Å²) in [5.74, 6) is -0.287. The number of sulfonamides is 1. The number of carboxylic acid groups (broad SMARTS) is 1. The van der Waals surface area contributed by atoms with Crippen molar-refractivity contribution in [1.82, 2.24) is 4.31 Å². The van der Waals surface area contributed by atoms with Crippen LogP contribution in [0.1, 0.15) is 24.8 Å². The van der Waals surface area contributed by atoms with Crippen LogP contribution in [0, 0.1) is 11.8 Å². The van der Waals surface area contributed by atoms with Crippen molar-refractivity contribution in [3.63, 3.8) is 0 Å². The molecule has 1 aliphatic carbocycles. The van der Waals surface area contributed by atoms with Crippen molar-refractivity contribution in [3.8, 4) is 5.75 Å². The van der Waals surface area contributed by atoms with Crippen LogP contribution in [0.5, 0.6) is 5.75 Å². The van der Waals surface area contributed by atoms with E-state index in [-0.39, 0.29) is 12.8 Å². The van der Waals surface area contributed by atoms with Gasteiger partial charge in [-0.25, -0.2) is 12.7 Å². The summed E-state index contributed by atoms with van der Waals surface area (Å²) in [4.78, 5) is 10.9. The van der Waals surface area contributed by atoms with Crippen LogP contribution in [0.2, 0.25) is 0 Å². The van der Waals surface area contributed by atoms with Crippen molar-refractivity contribution in [2.75, 3.05) is 20.2 Å². The van der Waals surface area contributed by atoms with Gasteiger partial charge in [0.1, 0.15) is 5.75 Å². The topological polar surface area (TPSA) is 83.9 Å². The van der Waals surface area contributed by atoms with E-state index in [0.717, 1.165) is 24.2 Å². The molecule has 1 saturated heterocycles. The lowest BCUT2D eigenvalue weighted by Crippen LogP contribution is -2.46. The van der Waals surface area contributed by atoms with Crippen molar-refractivity contribution in [3.05, 3.63) is 29.8 Å². The van der Waals surface area contributed by atoms with E-state index in [0.29, 0.717) is 19.0 Å². The first-order chi connectivity index (χ1) is 11.4. The number of hydrogen-bond acceptors (Lipinski definition) is 4. The molecule has 0 amide bonds. The smallest absolute Gasteiger partial charge is 0.306 e. The molecular weight excluding hydrogens is 330 g/mol. The lowest BCUT2D eigenvalue weighted by molar-refractivity contribution is -0.144. The highest BCUT2D eigenvalue weighted by Gasteiger charge is 2.46. The van der Waals surface area contributed by atoms with Gasteiger partial charge in [0.15, 0.2) is 0 Å². The fourth-order valence-electron chi connectivity index (χ4n) is 3.55. The molecule has 0 spiro atoms. The average Bonchev–Trinajstić information content (AvgIpc) is 2.94. The van der Waals surface area contributed by atoms with Crippen LogP contribution in [-0.4, -0.2) is 49.2 Å². The third kappa shape index (κ3) is 3.42. The Hall–Kier alpha value is -1.60. The highest BCUT2D eigenvalue weighted by Crippen LogP contribution is 2.36. The minimum atomic E-state index is -3.36. The van der Waals surface area contributed by atoms with Crippen LogP contribution >= 0.6 is 0 Å². The summed E-state index contributed by atoms with van der Waals surface area (Å²) in [6.07, 6.45) is 2.15. The first kappa shape index (κ1) is 17.2. The van der Waals surface area contributed by atoms with Crippen LogP contribution < -0.4 is 4.74 Å². The Morgan fingerprint density at radius 3 is 2.79 bits per heavy atom. The van der Waals surface area contributed by atoms with Gasteiger partial charge in [0.05, 0.1) is 18.3 Å². The lowest BCUT2D eigenvalue weighted by atomic mass is 9.85. The molecule has 1 N–H and O–H groups in total. The highest BCUT2D eigenvalue weighted by molar-refractivity contribution is 7.89. The number of benzene rings is 1. The molecule has 1 aromatic carbocycles. The molecule has 1 saturated carbocycles. The second-order valence-electron chi connectivity index (χ2n) is 6.74. The van der Waals surface area contributed by atoms with E-state index in [1.54, 1.807) is 11.4 Å². The molecule has 1 aromatic rings. The summed E-state index contributed by atoms with van der Waals surface area (Å²) < 4.78 is 32.0. The van der Waals surface area contributed by atoms with E-state index in [1.165, 1.54) is 0 Å². The zero-order chi connectivity index (χ0) is 17.3. The zero-order valence-electron chi connectivity index (χ0n) is 13.7. The third-order valence-corrected chi connectivity index (χ3v) is 7.41. The summed E-state index contributed by atoms with van der Waals surface area (Å²) in [6.45, 7) is 1.05. The molecule has 1 heterocycles. The summed E-state index contributed by atoms with van der Waals surface area (Å²) >= 11 is 0. The van der Waals surface area contributed by atoms with Gasteiger partial charge in [-0.05, 0) is 49.3 Å². The quantitative estimate of drug-likeness (QED) is 0.842. The third-order valence-electron chi connectivity index (χ3n) is 5.13. The van der Waals surface area contributed by atoms with Gasteiger partial charge in [-0.1, -0.05) is 12.1 Å². The summed E-state index contributed by atoms with van der Waals surface area (Å²) in [5, 5.41) is 8.39. The van der Waals surface area contributed by atoms with E-state index >= 15 is 0 Å². The van der Waals surface area contributed by atoms with Gasteiger partial charge in [0.25, 0.3) is 0 Å². The molecule has 6 nitrogen and oxygen atoms in total. The monoisotopic (exact) mass is 353 g/mol. The number of carboxylic acids is 1. The van der Waals surface area contributed by atoms with Crippen molar-refractivity contribution < 1.29 is 23.1 Å². The van der Waals surface area contributed by atoms with E-state index in [9.17, 15) is 13.2 Å². The second kappa shape index (κ2) is 6.72. The Morgan fingerprint density at radius 1 is 1.38 bits per heavy atom. The molecule has 2 fully saturated rings. The van der Waals surface area contributed by atoms with Crippen LogP contribution in [0.4, 0.5) is 0 Å². The number of methoxy groups -OCH3 is 1. The molecule has 2 aliphatic rings. The molecule has 1 aliphatic heterocycles. The molecule has 132 valence electrons. The largest absolute Gasteiger partial charge is 0.497 e. The first-order valence-corrected chi connectivity index (χ1v) is 9.75. The maximum absolute atomic E-state index is 12.6. The predicted molar refractivity (Wildman–Crippen MR) is 89.4 cm³/mol. The highest BCUT2D eigenvalue weighted by atomic mass is 32.2. The Morgan fingerprint density at radius 2 is 2.12 bits per heavy atom. The molecular formula is C17H23NO5S. The molecule has 0 bridgehead atoms. The number of ether oxygens (including phenoxy) is 1. The molecule has 24 heavy (non-hydrogen) atoms. The normalized spacial score (nSPS) is 27.6. The fraction of sp³-hybridized carbons (Fsp3) is 0.588. The van der Waals surface area contributed by atoms with Crippen molar-refractivity contribution in [2.24, 2.45) is 11.8 Å². The molecule has 7 heteroatoms. The standard InChI is InChI=1S/C17H23NO5S/c1-23-15-4-2-3-12(8-15)7-13-5-6-18(11-13)24(21,22)16-9-14(10-16)17(19)20/h2-4,8,13-14,16H,5-7,9-11H2,1H3,(H,19,20). The van der Waals surface area contributed by atoms with Gasteiger partial charge in [-0.2, -0.15) is 0 Å². The number of hydrogen-bond donors (Lipinski definition) is 1. The zero-order valence-corrected chi connectivity index (χ0v) is 14.5. The van der Waals surface area contributed by atoms with Gasteiger partial charge >= 0.3 is 5.97 Å². The maximum atomic E-state index is 12.6. The maximum Gasteiger partial charge on any atom is 0.306 e. The molecule has 0 radical (unpaired) electrons. The van der Waals surface area contributed by atoms with Crippen molar-refractivity contribution >= 4 is 16.0 Å². The van der Waals surface area contributed by atoms with Crippen LogP contribution in [0.25, 0.3) is 0 Å². The number of rotatable bonds is 6. The Labute approximate surface area is 142 Å². The van der Waals surface area contributed by atoms with Gasteiger partial charge in [0, 0.05) is 13.1 Å². The van der Waals surface area contributed by atoms with E-state index in [2.05, 4.69) is 0 Å². The number of aliphatic carboxylic acids is 1. The van der Waals surface area contributed by atoms with Gasteiger partial charge in [0.2, 0.25) is 10.0 Å². The van der Waals surface area contributed by atoms with Gasteiger partial charge in [-0.3, -0.25) is 4.79 Å². The number of carbonyl (C=O) groups is 1. The van der Waals surface area contributed by atoms with Gasteiger partial charge in [-0.15, -0.1) is 0 Å². The van der Waals surface area contributed by atoms with E-state index in [4.69, 9.17) is 9.84 Å². The fourth-order valence-corrected chi connectivity index (χ4v) is 5.70. The first-order valence-electron chi connectivity index (χ1n) is 8.25. The summed E-state index contributed by atoms with van der Waals surface area (Å²) in [5.41, 5.74) is 1.15. The Balaban J connectivity index is 1.58. The Kier molecular flexibility index (Phi) is 4.83. The second-order valence-corrected chi connectivity index (χ2v) is 8.95. The Bertz CT molecular complexity index is 711. The van der Waals surface area contributed by atoms with Crippen LogP contribution in [-0.2, 0) is 21.2 Å². The lowest BCUT2D eigenvalue weighted by Gasteiger charge is -2.34. The van der Waals surface area contributed by atoms with Crippen LogP contribution in [0.3, 0.4) is 0 Å².